The van der Waals surface area contributed by atoms with Crippen LogP contribution in [0.5, 0.6) is 5.75 Å². The van der Waals surface area contributed by atoms with Gasteiger partial charge in [-0.3, -0.25) is 0 Å². The average Bonchev–Trinajstić information content (AvgIpc) is 2.52. The van der Waals surface area contributed by atoms with Crippen LogP contribution in [0.3, 0.4) is 0 Å². The Kier molecular flexibility index (Phi) is 5.31. The molecule has 21 heavy (non-hydrogen) atoms. The zero-order valence-electron chi connectivity index (χ0n) is 12.6. The van der Waals surface area contributed by atoms with Crippen molar-refractivity contribution in [3.63, 3.8) is 0 Å². The van der Waals surface area contributed by atoms with Crippen LogP contribution in [0.15, 0.2) is 30.5 Å². The Morgan fingerprint density at radius 2 is 1.90 bits per heavy atom. The van der Waals surface area contributed by atoms with Crippen molar-refractivity contribution in [2.75, 3.05) is 24.3 Å². The number of anilines is 2. The van der Waals surface area contributed by atoms with Gasteiger partial charge in [0.15, 0.2) is 5.82 Å². The van der Waals surface area contributed by atoms with Crippen LogP contribution >= 0.6 is 0 Å². The van der Waals surface area contributed by atoms with Gasteiger partial charge in [0.25, 0.3) is 0 Å². The first-order chi connectivity index (χ1) is 10.2. The Balaban J connectivity index is 1.91. The largest absolute Gasteiger partial charge is 0.497 e. The topological polar surface area (TPSA) is 72.0 Å². The maximum absolute atomic E-state index is 5.13. The highest BCUT2D eigenvalue weighted by Crippen LogP contribution is 2.12. The molecule has 2 rings (SSSR count). The average molecular weight is 287 g/mol. The molecule has 0 aliphatic heterocycles. The van der Waals surface area contributed by atoms with Gasteiger partial charge in [0.1, 0.15) is 5.75 Å². The molecule has 0 spiro atoms. The minimum absolute atomic E-state index is 0.532. The molecule has 0 bridgehead atoms. The highest BCUT2D eigenvalue weighted by atomic mass is 16.5. The molecular weight excluding hydrogens is 266 g/mol. The molecule has 2 N–H and O–H groups in total. The molecule has 0 radical (unpaired) electrons. The number of aromatic nitrogens is 3. The summed E-state index contributed by atoms with van der Waals surface area (Å²) in [4.78, 5) is 4.37. The van der Waals surface area contributed by atoms with Gasteiger partial charge in [0.05, 0.1) is 13.3 Å². The van der Waals surface area contributed by atoms with E-state index in [1.807, 2.05) is 24.3 Å². The van der Waals surface area contributed by atoms with E-state index in [0.29, 0.717) is 24.2 Å². The lowest BCUT2D eigenvalue weighted by Crippen LogP contribution is -2.12. The highest BCUT2D eigenvalue weighted by molar-refractivity contribution is 5.38. The highest BCUT2D eigenvalue weighted by Gasteiger charge is 2.02. The molecule has 1 aromatic carbocycles. The Bertz CT molecular complexity index is 556. The maximum Gasteiger partial charge on any atom is 0.244 e. The summed E-state index contributed by atoms with van der Waals surface area (Å²) in [6, 6.07) is 7.90. The first-order valence-electron chi connectivity index (χ1n) is 6.98. The van der Waals surface area contributed by atoms with Crippen LogP contribution in [0.25, 0.3) is 0 Å². The lowest BCUT2D eigenvalue weighted by atomic mass is 10.2. The van der Waals surface area contributed by atoms with Gasteiger partial charge in [-0.1, -0.05) is 26.0 Å². The minimum atomic E-state index is 0.532. The third-order valence-electron chi connectivity index (χ3n) is 2.86. The maximum atomic E-state index is 5.13. The standard InChI is InChI=1S/C15H21N5O/c1-11(2)8-17-15-19-14(10-18-20-15)16-9-12-4-6-13(21-3)7-5-12/h4-7,10-11H,8-9H2,1-3H3,(H2,16,17,19,20). The molecule has 0 unspecified atom stereocenters. The fourth-order valence-corrected chi connectivity index (χ4v) is 1.70. The zero-order valence-corrected chi connectivity index (χ0v) is 12.6. The molecule has 6 heteroatoms. The van der Waals surface area contributed by atoms with Crippen LogP contribution in [0.4, 0.5) is 11.8 Å². The lowest BCUT2D eigenvalue weighted by Gasteiger charge is -2.09. The summed E-state index contributed by atoms with van der Waals surface area (Å²) in [5, 5.41) is 14.3. The van der Waals surface area contributed by atoms with E-state index in [1.165, 1.54) is 0 Å². The van der Waals surface area contributed by atoms with Crippen molar-refractivity contribution in [3.05, 3.63) is 36.0 Å². The van der Waals surface area contributed by atoms with Gasteiger partial charge in [0, 0.05) is 13.1 Å². The molecule has 0 aliphatic carbocycles. The smallest absolute Gasteiger partial charge is 0.244 e. The van der Waals surface area contributed by atoms with Crippen LogP contribution in [0.2, 0.25) is 0 Å². The minimum Gasteiger partial charge on any atom is -0.497 e. The van der Waals surface area contributed by atoms with E-state index in [0.717, 1.165) is 17.9 Å². The van der Waals surface area contributed by atoms with Crippen molar-refractivity contribution in [1.82, 2.24) is 15.2 Å². The second kappa shape index (κ2) is 7.42. The van der Waals surface area contributed by atoms with Crippen LogP contribution < -0.4 is 15.4 Å². The van der Waals surface area contributed by atoms with Gasteiger partial charge in [0.2, 0.25) is 5.95 Å². The third-order valence-corrected chi connectivity index (χ3v) is 2.86. The number of nitrogens with zero attached hydrogens (tertiary/aromatic N) is 3. The lowest BCUT2D eigenvalue weighted by molar-refractivity contribution is 0.414. The van der Waals surface area contributed by atoms with Gasteiger partial charge in [-0.05, 0) is 23.6 Å². The summed E-state index contributed by atoms with van der Waals surface area (Å²) in [5.74, 6) is 2.63. The second-order valence-electron chi connectivity index (χ2n) is 5.14. The second-order valence-corrected chi connectivity index (χ2v) is 5.14. The number of nitrogens with one attached hydrogen (secondary N) is 2. The fourth-order valence-electron chi connectivity index (χ4n) is 1.70. The molecule has 1 aromatic heterocycles. The van der Waals surface area contributed by atoms with Gasteiger partial charge < -0.3 is 15.4 Å². The molecule has 112 valence electrons. The summed E-state index contributed by atoms with van der Waals surface area (Å²) < 4.78 is 5.13. The van der Waals surface area contributed by atoms with E-state index < -0.39 is 0 Å². The van der Waals surface area contributed by atoms with Crippen molar-refractivity contribution in [2.45, 2.75) is 20.4 Å². The van der Waals surface area contributed by atoms with Crippen molar-refractivity contribution in [1.29, 1.82) is 0 Å². The van der Waals surface area contributed by atoms with Gasteiger partial charge in [-0.2, -0.15) is 10.1 Å². The van der Waals surface area contributed by atoms with Crippen LogP contribution in [-0.4, -0.2) is 28.8 Å². The van der Waals surface area contributed by atoms with Crippen molar-refractivity contribution in [2.24, 2.45) is 5.92 Å². The molecular formula is C15H21N5O. The first kappa shape index (κ1) is 15.0. The molecule has 0 aliphatic rings. The molecule has 1 heterocycles. The number of rotatable bonds is 7. The fraction of sp³-hybridized carbons (Fsp3) is 0.400. The van der Waals surface area contributed by atoms with Crippen molar-refractivity contribution >= 4 is 11.8 Å². The SMILES string of the molecule is COc1ccc(CNc2cnnc(NCC(C)C)n2)cc1. The number of benzene rings is 1. The summed E-state index contributed by atoms with van der Waals surface area (Å²) in [5.41, 5.74) is 1.14. The number of hydrogen-bond acceptors (Lipinski definition) is 6. The van der Waals surface area contributed by atoms with Gasteiger partial charge >= 0.3 is 0 Å². The van der Waals surface area contributed by atoms with Crippen LogP contribution in [-0.2, 0) is 6.54 Å². The molecule has 0 saturated carbocycles. The van der Waals surface area contributed by atoms with E-state index in [1.54, 1.807) is 13.3 Å². The molecule has 0 saturated heterocycles. The number of ether oxygens (including phenoxy) is 1. The Morgan fingerprint density at radius 1 is 1.14 bits per heavy atom. The monoisotopic (exact) mass is 287 g/mol. The predicted molar refractivity (Wildman–Crippen MR) is 83.5 cm³/mol. The molecule has 2 aromatic rings. The van der Waals surface area contributed by atoms with E-state index in [4.69, 9.17) is 4.74 Å². The van der Waals surface area contributed by atoms with E-state index in [2.05, 4.69) is 39.7 Å². The molecule has 0 atom stereocenters. The van der Waals surface area contributed by atoms with Gasteiger partial charge in [-0.15, -0.1) is 5.10 Å². The quantitative estimate of drug-likeness (QED) is 0.815. The van der Waals surface area contributed by atoms with E-state index >= 15 is 0 Å². The van der Waals surface area contributed by atoms with E-state index in [9.17, 15) is 0 Å². The van der Waals surface area contributed by atoms with Crippen LogP contribution in [0.1, 0.15) is 19.4 Å². The molecule has 0 fully saturated rings. The van der Waals surface area contributed by atoms with Crippen molar-refractivity contribution < 1.29 is 4.74 Å². The predicted octanol–water partition coefficient (Wildman–Crippen LogP) is 2.56. The zero-order chi connectivity index (χ0) is 15.1. The normalized spacial score (nSPS) is 10.5. The molecule has 6 nitrogen and oxygen atoms in total. The van der Waals surface area contributed by atoms with E-state index in [-0.39, 0.29) is 0 Å². The Labute approximate surface area is 125 Å². The summed E-state index contributed by atoms with van der Waals surface area (Å²) in [6.45, 7) is 5.76. The third kappa shape index (κ3) is 4.91. The molecule has 0 amide bonds. The number of hydrogen-bond donors (Lipinski definition) is 2. The summed E-state index contributed by atoms with van der Waals surface area (Å²) >= 11 is 0. The van der Waals surface area contributed by atoms with Crippen LogP contribution in [0, 0.1) is 5.92 Å². The Morgan fingerprint density at radius 3 is 2.57 bits per heavy atom. The summed E-state index contributed by atoms with van der Waals surface area (Å²) in [6.07, 6.45) is 1.62. The first-order valence-corrected chi connectivity index (χ1v) is 6.98. The van der Waals surface area contributed by atoms with Crippen molar-refractivity contribution in [3.8, 4) is 5.75 Å². The number of methoxy groups -OCH3 is 1. The Hall–Kier alpha value is -2.37. The van der Waals surface area contributed by atoms with Gasteiger partial charge in [-0.25, -0.2) is 0 Å². The summed E-state index contributed by atoms with van der Waals surface area (Å²) in [7, 11) is 1.66.